The quantitative estimate of drug-likeness (QED) is 0.851. The third-order valence-electron chi connectivity index (χ3n) is 3.74. The second kappa shape index (κ2) is 6.44. The lowest BCUT2D eigenvalue weighted by Crippen LogP contribution is -2.31. The molecule has 2 rings (SSSR count). The molecular weight excluding hydrogens is 246 g/mol. The minimum absolute atomic E-state index is 0. The van der Waals surface area contributed by atoms with Crippen molar-refractivity contribution >= 4 is 12.4 Å². The normalized spacial score (nSPS) is 23.8. The number of phenolic OH excluding ortho intramolecular Hbond substituents is 1. The van der Waals surface area contributed by atoms with E-state index >= 15 is 0 Å². The fourth-order valence-electron chi connectivity index (χ4n) is 2.54. The van der Waals surface area contributed by atoms with Gasteiger partial charge in [0.05, 0.1) is 0 Å². The van der Waals surface area contributed by atoms with E-state index in [9.17, 15) is 5.11 Å². The molecule has 1 aromatic carbocycles. The van der Waals surface area contributed by atoms with Crippen molar-refractivity contribution in [2.75, 3.05) is 6.54 Å². The largest absolute Gasteiger partial charge is 0.508 e. The van der Waals surface area contributed by atoms with Gasteiger partial charge in [0, 0.05) is 6.04 Å². The summed E-state index contributed by atoms with van der Waals surface area (Å²) in [7, 11) is 0. The molecule has 1 aromatic rings. The molecule has 0 amide bonds. The fourth-order valence-corrected chi connectivity index (χ4v) is 2.54. The lowest BCUT2D eigenvalue weighted by atomic mass is 9.90. The number of benzene rings is 1. The number of nitrogens with one attached hydrogen (secondary N) is 1. The summed E-state index contributed by atoms with van der Waals surface area (Å²) in [5.41, 5.74) is 2.38. The van der Waals surface area contributed by atoms with Gasteiger partial charge in [0.1, 0.15) is 5.75 Å². The predicted octanol–water partition coefficient (Wildman–Crippen LogP) is 4.00. The molecule has 1 aliphatic heterocycles. The Morgan fingerprint density at radius 1 is 1.28 bits per heavy atom. The molecular formula is C15H24ClNO. The average molecular weight is 270 g/mol. The summed E-state index contributed by atoms with van der Waals surface area (Å²) in [5.74, 6) is 1.58. The first-order valence-corrected chi connectivity index (χ1v) is 6.64. The Kier molecular flexibility index (Phi) is 5.48. The molecule has 0 aromatic heterocycles. The highest BCUT2D eigenvalue weighted by Crippen LogP contribution is 2.31. The van der Waals surface area contributed by atoms with Gasteiger partial charge >= 0.3 is 0 Å². The molecule has 2 N–H and O–H groups in total. The van der Waals surface area contributed by atoms with E-state index in [1.54, 1.807) is 0 Å². The number of aromatic hydroxyl groups is 1. The predicted molar refractivity (Wildman–Crippen MR) is 78.6 cm³/mol. The van der Waals surface area contributed by atoms with Crippen molar-refractivity contribution in [3.8, 4) is 5.75 Å². The number of piperidine rings is 1. The molecule has 2 nitrogen and oxygen atoms in total. The molecule has 18 heavy (non-hydrogen) atoms. The zero-order chi connectivity index (χ0) is 12.4. The van der Waals surface area contributed by atoms with Crippen LogP contribution in [0.3, 0.4) is 0 Å². The van der Waals surface area contributed by atoms with Gasteiger partial charge < -0.3 is 10.4 Å². The van der Waals surface area contributed by atoms with Crippen molar-refractivity contribution < 1.29 is 5.11 Å². The topological polar surface area (TPSA) is 32.3 Å². The maximum Gasteiger partial charge on any atom is 0.119 e. The number of phenols is 1. The molecule has 0 unspecified atom stereocenters. The van der Waals surface area contributed by atoms with E-state index in [1.807, 2.05) is 6.07 Å². The minimum Gasteiger partial charge on any atom is -0.508 e. The van der Waals surface area contributed by atoms with Crippen molar-refractivity contribution in [3.05, 3.63) is 29.3 Å². The Labute approximate surface area is 116 Å². The van der Waals surface area contributed by atoms with Crippen molar-refractivity contribution in [2.24, 2.45) is 5.92 Å². The van der Waals surface area contributed by atoms with E-state index in [1.165, 1.54) is 18.4 Å². The fraction of sp³-hybridized carbons (Fsp3) is 0.600. The van der Waals surface area contributed by atoms with Crippen LogP contribution in [-0.2, 0) is 0 Å². The molecule has 102 valence electrons. The minimum atomic E-state index is 0. The van der Waals surface area contributed by atoms with Crippen LogP contribution >= 0.6 is 12.4 Å². The molecule has 3 heteroatoms. The Balaban J connectivity index is 0.00000162. The van der Waals surface area contributed by atoms with Crippen molar-refractivity contribution in [2.45, 2.75) is 45.6 Å². The van der Waals surface area contributed by atoms with Gasteiger partial charge in [0.15, 0.2) is 0 Å². The highest BCUT2D eigenvalue weighted by Gasteiger charge is 2.20. The third kappa shape index (κ3) is 3.39. The highest BCUT2D eigenvalue weighted by molar-refractivity contribution is 5.85. The molecule has 0 aliphatic carbocycles. The Bertz CT molecular complexity index is 384. The number of hydrogen-bond acceptors (Lipinski definition) is 2. The van der Waals surface area contributed by atoms with Crippen LogP contribution in [0.4, 0.5) is 0 Å². The van der Waals surface area contributed by atoms with Crippen molar-refractivity contribution in [1.29, 1.82) is 0 Å². The summed E-state index contributed by atoms with van der Waals surface area (Å²) in [5, 5.41) is 13.4. The van der Waals surface area contributed by atoms with E-state index in [0.29, 0.717) is 17.7 Å². The van der Waals surface area contributed by atoms with Crippen LogP contribution in [-0.4, -0.2) is 11.7 Å². The van der Waals surface area contributed by atoms with Crippen LogP contribution in [0.25, 0.3) is 0 Å². The van der Waals surface area contributed by atoms with Gasteiger partial charge in [0.2, 0.25) is 0 Å². The molecule has 2 atom stereocenters. The summed E-state index contributed by atoms with van der Waals surface area (Å²) >= 11 is 0. The van der Waals surface area contributed by atoms with Crippen LogP contribution in [0.5, 0.6) is 5.75 Å². The second-order valence-corrected chi connectivity index (χ2v) is 5.62. The summed E-state index contributed by atoms with van der Waals surface area (Å²) in [6.07, 6.45) is 2.49. The van der Waals surface area contributed by atoms with E-state index < -0.39 is 0 Å². The first-order valence-electron chi connectivity index (χ1n) is 6.64. The van der Waals surface area contributed by atoms with Gasteiger partial charge in [0.25, 0.3) is 0 Å². The van der Waals surface area contributed by atoms with Crippen LogP contribution in [0.15, 0.2) is 18.2 Å². The standard InChI is InChI=1S/C15H23NO.ClH/c1-10(2)13-8-12(5-7-15(13)17)14-6-4-11(3)9-16-14;/h5,7-8,10-11,14,16-17H,4,6,9H2,1-3H3;1H/t11-,14+;/m1./s1. The second-order valence-electron chi connectivity index (χ2n) is 5.62. The van der Waals surface area contributed by atoms with Crippen LogP contribution in [0, 0.1) is 5.92 Å². The van der Waals surface area contributed by atoms with Crippen molar-refractivity contribution in [3.63, 3.8) is 0 Å². The smallest absolute Gasteiger partial charge is 0.119 e. The van der Waals surface area contributed by atoms with E-state index in [4.69, 9.17) is 0 Å². The number of halogens is 1. The van der Waals surface area contributed by atoms with Gasteiger partial charge in [-0.15, -0.1) is 12.4 Å². The van der Waals surface area contributed by atoms with Gasteiger partial charge in [-0.25, -0.2) is 0 Å². The maximum absolute atomic E-state index is 9.83. The van der Waals surface area contributed by atoms with Crippen LogP contribution in [0.2, 0.25) is 0 Å². The van der Waals surface area contributed by atoms with Crippen LogP contribution in [0.1, 0.15) is 56.7 Å². The monoisotopic (exact) mass is 269 g/mol. The highest BCUT2D eigenvalue weighted by atomic mass is 35.5. The van der Waals surface area contributed by atoms with E-state index in [-0.39, 0.29) is 12.4 Å². The summed E-state index contributed by atoms with van der Waals surface area (Å²) in [6.45, 7) is 7.63. The zero-order valence-corrected chi connectivity index (χ0v) is 12.3. The summed E-state index contributed by atoms with van der Waals surface area (Å²) in [6, 6.07) is 6.51. The lowest BCUT2D eigenvalue weighted by Gasteiger charge is -2.28. The van der Waals surface area contributed by atoms with Gasteiger partial charge in [-0.1, -0.05) is 32.9 Å². The van der Waals surface area contributed by atoms with Crippen molar-refractivity contribution in [1.82, 2.24) is 5.32 Å². The molecule has 1 heterocycles. The van der Waals surface area contributed by atoms with E-state index in [2.05, 4.69) is 38.2 Å². The SMILES string of the molecule is CC(C)c1cc([C@@H]2CC[C@@H](C)CN2)ccc1O.Cl. The first kappa shape index (κ1) is 15.3. The van der Waals surface area contributed by atoms with Gasteiger partial charge in [-0.2, -0.15) is 0 Å². The third-order valence-corrected chi connectivity index (χ3v) is 3.74. The molecule has 0 bridgehead atoms. The molecule has 0 radical (unpaired) electrons. The maximum atomic E-state index is 9.83. The zero-order valence-electron chi connectivity index (χ0n) is 11.4. The summed E-state index contributed by atoms with van der Waals surface area (Å²) in [4.78, 5) is 0. The van der Waals surface area contributed by atoms with E-state index in [0.717, 1.165) is 18.0 Å². The Morgan fingerprint density at radius 2 is 2.00 bits per heavy atom. The summed E-state index contributed by atoms with van der Waals surface area (Å²) < 4.78 is 0. The van der Waals surface area contributed by atoms with Crippen LogP contribution < -0.4 is 5.32 Å². The Hall–Kier alpha value is -0.730. The first-order chi connectivity index (χ1) is 8.08. The van der Waals surface area contributed by atoms with Gasteiger partial charge in [-0.05, 0) is 48.4 Å². The molecule has 0 saturated carbocycles. The molecule has 1 saturated heterocycles. The van der Waals surface area contributed by atoms with Gasteiger partial charge in [-0.3, -0.25) is 0 Å². The molecule has 1 aliphatic rings. The lowest BCUT2D eigenvalue weighted by molar-refractivity contribution is 0.332. The number of hydrogen-bond donors (Lipinski definition) is 2. The number of rotatable bonds is 2. The molecule has 1 fully saturated rings. The molecule has 0 spiro atoms. The average Bonchev–Trinajstić information content (AvgIpc) is 2.30. The Morgan fingerprint density at radius 3 is 2.56 bits per heavy atom.